The van der Waals surface area contributed by atoms with E-state index in [1.807, 2.05) is 25.1 Å². The molecule has 0 aliphatic rings. The molecule has 0 spiro atoms. The second-order valence-corrected chi connectivity index (χ2v) is 5.57. The van der Waals surface area contributed by atoms with E-state index in [0.717, 1.165) is 22.1 Å². The van der Waals surface area contributed by atoms with Crippen molar-refractivity contribution in [2.75, 3.05) is 5.32 Å². The fraction of sp³-hybridized carbons (Fsp3) is 0.357. The van der Waals surface area contributed by atoms with Crippen LogP contribution in [0.4, 0.5) is 10.8 Å². The molecular formula is C14H18N2OS. The van der Waals surface area contributed by atoms with Crippen LogP contribution < -0.4 is 5.32 Å². The number of aromatic nitrogens is 1. The molecule has 0 atom stereocenters. The summed E-state index contributed by atoms with van der Waals surface area (Å²) in [5.74, 6) is 0.597. The van der Waals surface area contributed by atoms with Crippen molar-refractivity contribution in [3.05, 3.63) is 34.7 Å². The van der Waals surface area contributed by atoms with Gasteiger partial charge in [0.05, 0.1) is 4.88 Å². The molecule has 0 saturated carbocycles. The molecule has 3 nitrogen and oxygen atoms in total. The van der Waals surface area contributed by atoms with Gasteiger partial charge in [-0.1, -0.05) is 50.3 Å². The Morgan fingerprint density at radius 3 is 2.67 bits per heavy atom. The number of rotatable bonds is 4. The average molecular weight is 262 g/mol. The second-order valence-electron chi connectivity index (χ2n) is 4.49. The first kappa shape index (κ1) is 12.9. The zero-order chi connectivity index (χ0) is 13.1. The molecule has 0 aliphatic heterocycles. The lowest BCUT2D eigenvalue weighted by Gasteiger charge is -2.12. The summed E-state index contributed by atoms with van der Waals surface area (Å²) < 4.78 is 0. The van der Waals surface area contributed by atoms with Gasteiger partial charge in [-0.05, 0) is 24.0 Å². The van der Waals surface area contributed by atoms with Crippen molar-refractivity contribution in [1.29, 1.82) is 0 Å². The number of anilines is 2. The Hall–Kier alpha value is -1.55. The number of benzene rings is 1. The molecule has 0 radical (unpaired) electrons. The van der Waals surface area contributed by atoms with Gasteiger partial charge < -0.3 is 10.4 Å². The molecule has 2 rings (SSSR count). The highest BCUT2D eigenvalue weighted by Crippen LogP contribution is 2.32. The Morgan fingerprint density at radius 2 is 2.06 bits per heavy atom. The van der Waals surface area contributed by atoms with E-state index in [4.69, 9.17) is 0 Å². The minimum atomic E-state index is 0.145. The molecule has 2 N–H and O–H groups in total. The van der Waals surface area contributed by atoms with Crippen LogP contribution in [-0.2, 0) is 6.42 Å². The van der Waals surface area contributed by atoms with Crippen LogP contribution in [0.2, 0.25) is 0 Å². The summed E-state index contributed by atoms with van der Waals surface area (Å²) in [7, 11) is 0. The number of nitrogens with one attached hydrogen (secondary N) is 1. The lowest BCUT2D eigenvalue weighted by Crippen LogP contribution is -1.96. The third kappa shape index (κ3) is 2.64. The summed E-state index contributed by atoms with van der Waals surface area (Å²) in [4.78, 5) is 5.06. The second kappa shape index (κ2) is 5.40. The molecule has 2 aromatic rings. The number of para-hydroxylation sites is 1. The Morgan fingerprint density at radius 1 is 1.33 bits per heavy atom. The molecule has 0 fully saturated rings. The molecule has 18 heavy (non-hydrogen) atoms. The zero-order valence-corrected chi connectivity index (χ0v) is 11.7. The Labute approximate surface area is 112 Å². The van der Waals surface area contributed by atoms with Gasteiger partial charge in [0.2, 0.25) is 5.88 Å². The molecular weight excluding hydrogens is 244 g/mol. The van der Waals surface area contributed by atoms with Gasteiger partial charge in [-0.3, -0.25) is 0 Å². The molecule has 96 valence electrons. The molecule has 1 aromatic carbocycles. The molecule has 0 unspecified atom stereocenters. The van der Waals surface area contributed by atoms with Crippen LogP contribution in [0, 0.1) is 0 Å². The van der Waals surface area contributed by atoms with Crippen LogP contribution in [0.1, 0.15) is 37.1 Å². The van der Waals surface area contributed by atoms with E-state index in [9.17, 15) is 5.11 Å². The first-order chi connectivity index (χ1) is 8.61. The number of thiazole rings is 1. The predicted octanol–water partition coefficient (Wildman–Crippen LogP) is 4.28. The van der Waals surface area contributed by atoms with E-state index in [1.165, 1.54) is 16.9 Å². The van der Waals surface area contributed by atoms with Crippen molar-refractivity contribution >= 4 is 22.2 Å². The number of aromatic hydroxyl groups is 1. The monoisotopic (exact) mass is 262 g/mol. The van der Waals surface area contributed by atoms with Crippen molar-refractivity contribution in [3.8, 4) is 5.88 Å². The summed E-state index contributed by atoms with van der Waals surface area (Å²) in [5.41, 5.74) is 2.31. The van der Waals surface area contributed by atoms with E-state index in [2.05, 4.69) is 30.2 Å². The normalized spacial score (nSPS) is 10.9. The summed E-state index contributed by atoms with van der Waals surface area (Å²) >= 11 is 1.50. The summed E-state index contributed by atoms with van der Waals surface area (Å²) in [6, 6.07) is 8.19. The maximum absolute atomic E-state index is 9.65. The van der Waals surface area contributed by atoms with Crippen molar-refractivity contribution in [1.82, 2.24) is 4.98 Å². The number of hydrogen-bond acceptors (Lipinski definition) is 4. The van der Waals surface area contributed by atoms with Crippen LogP contribution >= 0.6 is 11.3 Å². The Kier molecular flexibility index (Phi) is 3.87. The number of aryl methyl sites for hydroxylation is 1. The minimum absolute atomic E-state index is 0.145. The highest BCUT2D eigenvalue weighted by molar-refractivity contribution is 7.15. The van der Waals surface area contributed by atoms with Gasteiger partial charge in [-0.25, -0.2) is 0 Å². The third-order valence-corrected chi connectivity index (χ3v) is 3.93. The third-order valence-electron chi connectivity index (χ3n) is 2.82. The average Bonchev–Trinajstić information content (AvgIpc) is 2.70. The van der Waals surface area contributed by atoms with Gasteiger partial charge in [0.25, 0.3) is 0 Å². The first-order valence-corrected chi connectivity index (χ1v) is 6.98. The lowest BCUT2D eigenvalue weighted by atomic mass is 10.0. The molecule has 1 aromatic heterocycles. The molecule has 4 heteroatoms. The summed E-state index contributed by atoms with van der Waals surface area (Å²) in [6.07, 6.45) is 0.803. The standard InChI is InChI=1S/C14H18N2OS/c1-4-12-13(17)16-14(18-12)15-11-8-6-5-7-10(11)9(2)3/h5-9,17H,4H2,1-3H3,(H,15,16). The van der Waals surface area contributed by atoms with Crippen LogP contribution in [0.25, 0.3) is 0 Å². The van der Waals surface area contributed by atoms with Crippen LogP contribution in [0.3, 0.4) is 0 Å². The van der Waals surface area contributed by atoms with Crippen LogP contribution in [0.5, 0.6) is 5.88 Å². The fourth-order valence-corrected chi connectivity index (χ4v) is 2.66. The van der Waals surface area contributed by atoms with Crippen LogP contribution in [-0.4, -0.2) is 10.1 Å². The number of nitrogens with zero attached hydrogens (tertiary/aromatic N) is 1. The maximum atomic E-state index is 9.65. The largest absolute Gasteiger partial charge is 0.492 e. The van der Waals surface area contributed by atoms with Gasteiger partial charge >= 0.3 is 0 Å². The van der Waals surface area contributed by atoms with Crippen molar-refractivity contribution in [2.24, 2.45) is 0 Å². The van der Waals surface area contributed by atoms with Gasteiger partial charge in [-0.2, -0.15) is 4.98 Å². The van der Waals surface area contributed by atoms with E-state index in [-0.39, 0.29) is 5.88 Å². The highest BCUT2D eigenvalue weighted by Gasteiger charge is 2.11. The van der Waals surface area contributed by atoms with E-state index in [1.54, 1.807) is 0 Å². The smallest absolute Gasteiger partial charge is 0.227 e. The zero-order valence-electron chi connectivity index (χ0n) is 10.9. The molecule has 0 bridgehead atoms. The van der Waals surface area contributed by atoms with E-state index < -0.39 is 0 Å². The highest BCUT2D eigenvalue weighted by atomic mass is 32.1. The summed E-state index contributed by atoms with van der Waals surface area (Å²) in [6.45, 7) is 6.34. The minimum Gasteiger partial charge on any atom is -0.492 e. The van der Waals surface area contributed by atoms with Crippen molar-refractivity contribution in [3.63, 3.8) is 0 Å². The first-order valence-electron chi connectivity index (χ1n) is 6.16. The fourth-order valence-electron chi connectivity index (χ4n) is 1.86. The topological polar surface area (TPSA) is 45.2 Å². The predicted molar refractivity (Wildman–Crippen MR) is 77.0 cm³/mol. The molecule has 0 saturated heterocycles. The Bertz CT molecular complexity index is 534. The van der Waals surface area contributed by atoms with E-state index in [0.29, 0.717) is 5.92 Å². The summed E-state index contributed by atoms with van der Waals surface area (Å²) in [5, 5.41) is 13.7. The number of hydrogen-bond donors (Lipinski definition) is 2. The molecule has 0 aliphatic carbocycles. The SMILES string of the molecule is CCc1sc(Nc2ccccc2C(C)C)nc1O. The van der Waals surface area contributed by atoms with Crippen molar-refractivity contribution < 1.29 is 5.11 Å². The quantitative estimate of drug-likeness (QED) is 0.864. The Balaban J connectivity index is 2.28. The maximum Gasteiger partial charge on any atom is 0.227 e. The van der Waals surface area contributed by atoms with Gasteiger partial charge in [0, 0.05) is 5.69 Å². The van der Waals surface area contributed by atoms with Gasteiger partial charge in [0.15, 0.2) is 5.13 Å². The van der Waals surface area contributed by atoms with Gasteiger partial charge in [-0.15, -0.1) is 0 Å². The van der Waals surface area contributed by atoms with Gasteiger partial charge in [0.1, 0.15) is 0 Å². The molecule has 1 heterocycles. The van der Waals surface area contributed by atoms with E-state index >= 15 is 0 Å². The lowest BCUT2D eigenvalue weighted by molar-refractivity contribution is 0.452. The van der Waals surface area contributed by atoms with Crippen LogP contribution in [0.15, 0.2) is 24.3 Å². The molecule has 0 amide bonds. The van der Waals surface area contributed by atoms with Crippen molar-refractivity contribution in [2.45, 2.75) is 33.1 Å².